The van der Waals surface area contributed by atoms with E-state index in [0.29, 0.717) is 5.13 Å². The number of halogens is 1. The smallest absolute Gasteiger partial charge is 0.180 e. The van der Waals surface area contributed by atoms with Crippen molar-refractivity contribution in [3.05, 3.63) is 34.6 Å². The first-order valence-corrected chi connectivity index (χ1v) is 6.78. The van der Waals surface area contributed by atoms with Gasteiger partial charge in [0.2, 0.25) is 0 Å². The number of aryl methyl sites for hydroxylation is 2. The molecule has 0 radical (unpaired) electrons. The highest BCUT2D eigenvalue weighted by atomic mass is 32.1. The maximum Gasteiger partial charge on any atom is 0.180 e. The van der Waals surface area contributed by atoms with Gasteiger partial charge in [0.15, 0.2) is 5.13 Å². The molecule has 1 aromatic carbocycles. The van der Waals surface area contributed by atoms with Crippen molar-refractivity contribution in [2.75, 3.05) is 5.73 Å². The van der Waals surface area contributed by atoms with E-state index in [-0.39, 0.29) is 5.82 Å². The lowest BCUT2D eigenvalue weighted by atomic mass is 10.1. The summed E-state index contributed by atoms with van der Waals surface area (Å²) >= 11 is 1.46. The van der Waals surface area contributed by atoms with Crippen LogP contribution in [0.15, 0.2) is 18.2 Å². The number of hydrogen-bond acceptors (Lipinski definition) is 3. The molecule has 0 unspecified atom stereocenters. The number of hydrogen-bond donors (Lipinski definition) is 1. The summed E-state index contributed by atoms with van der Waals surface area (Å²) in [6.07, 6.45) is 0. The van der Waals surface area contributed by atoms with Crippen molar-refractivity contribution >= 4 is 27.4 Å². The first kappa shape index (κ1) is 12.2. The molecule has 0 spiro atoms. The molecule has 2 N–H and O–H groups in total. The van der Waals surface area contributed by atoms with Crippen LogP contribution in [0.1, 0.15) is 10.6 Å². The molecule has 0 bridgehead atoms. The first-order valence-electron chi connectivity index (χ1n) is 5.97. The van der Waals surface area contributed by atoms with Crippen molar-refractivity contribution in [3.63, 3.8) is 0 Å². The molecule has 0 saturated heterocycles. The van der Waals surface area contributed by atoms with Crippen LogP contribution in [0, 0.1) is 19.7 Å². The minimum absolute atomic E-state index is 0.236. The van der Waals surface area contributed by atoms with Crippen molar-refractivity contribution in [3.8, 4) is 11.3 Å². The van der Waals surface area contributed by atoms with Crippen LogP contribution >= 0.6 is 11.3 Å². The zero-order chi connectivity index (χ0) is 13.7. The van der Waals surface area contributed by atoms with E-state index in [4.69, 9.17) is 5.73 Å². The first-order chi connectivity index (χ1) is 8.99. The van der Waals surface area contributed by atoms with Crippen LogP contribution in [-0.2, 0) is 7.05 Å². The fourth-order valence-corrected chi connectivity index (χ4v) is 3.19. The van der Waals surface area contributed by atoms with E-state index in [9.17, 15) is 4.39 Å². The van der Waals surface area contributed by atoms with E-state index >= 15 is 0 Å². The van der Waals surface area contributed by atoms with Gasteiger partial charge >= 0.3 is 0 Å². The number of nitrogens with zero attached hydrogens (tertiary/aromatic N) is 2. The van der Waals surface area contributed by atoms with Gasteiger partial charge in [-0.25, -0.2) is 9.37 Å². The molecule has 0 aliphatic heterocycles. The van der Waals surface area contributed by atoms with Crippen LogP contribution in [0.2, 0.25) is 0 Å². The number of nitrogen functional groups attached to an aromatic ring is 1. The van der Waals surface area contributed by atoms with Gasteiger partial charge in [-0.15, -0.1) is 11.3 Å². The largest absolute Gasteiger partial charge is 0.375 e. The number of aromatic nitrogens is 2. The zero-order valence-electron chi connectivity index (χ0n) is 11.0. The van der Waals surface area contributed by atoms with Gasteiger partial charge < -0.3 is 10.3 Å². The van der Waals surface area contributed by atoms with Crippen molar-refractivity contribution < 1.29 is 4.39 Å². The van der Waals surface area contributed by atoms with Crippen LogP contribution in [0.25, 0.3) is 22.2 Å². The third-order valence-corrected chi connectivity index (χ3v) is 4.30. The predicted molar refractivity (Wildman–Crippen MR) is 77.9 cm³/mol. The Bertz CT molecular complexity index is 786. The van der Waals surface area contributed by atoms with E-state index in [0.717, 1.165) is 32.7 Å². The molecule has 3 rings (SSSR count). The Morgan fingerprint density at radius 2 is 2.05 bits per heavy atom. The van der Waals surface area contributed by atoms with Crippen LogP contribution in [0.5, 0.6) is 0 Å². The highest BCUT2D eigenvalue weighted by Crippen LogP contribution is 2.37. The van der Waals surface area contributed by atoms with Gasteiger partial charge in [-0.1, -0.05) is 0 Å². The minimum atomic E-state index is -0.236. The van der Waals surface area contributed by atoms with E-state index in [1.54, 1.807) is 12.1 Å². The van der Waals surface area contributed by atoms with Crippen LogP contribution < -0.4 is 5.73 Å². The van der Waals surface area contributed by atoms with Crippen molar-refractivity contribution in [2.24, 2.45) is 7.05 Å². The molecule has 3 nitrogen and oxygen atoms in total. The number of nitrogens with two attached hydrogens (primary N) is 1. The van der Waals surface area contributed by atoms with E-state index in [1.165, 1.54) is 17.4 Å². The standard InChI is InChI=1S/C14H14FN3S/c1-7-12(13-8(2)19-14(16)17-13)10-6-9(15)4-5-11(10)18(7)3/h4-6H,1-3H3,(H2,16,17). The van der Waals surface area contributed by atoms with Crippen LogP contribution in [-0.4, -0.2) is 9.55 Å². The molecule has 3 aromatic rings. The monoisotopic (exact) mass is 275 g/mol. The van der Waals surface area contributed by atoms with E-state index in [1.807, 2.05) is 20.9 Å². The third kappa shape index (κ3) is 1.73. The van der Waals surface area contributed by atoms with E-state index < -0.39 is 0 Å². The van der Waals surface area contributed by atoms with Gasteiger partial charge in [0, 0.05) is 34.1 Å². The van der Waals surface area contributed by atoms with Gasteiger partial charge in [-0.05, 0) is 32.0 Å². The summed E-state index contributed by atoms with van der Waals surface area (Å²) < 4.78 is 15.6. The normalized spacial score (nSPS) is 11.4. The molecule has 0 amide bonds. The average molecular weight is 275 g/mol. The fourth-order valence-electron chi connectivity index (χ4n) is 2.49. The summed E-state index contributed by atoms with van der Waals surface area (Å²) in [6.45, 7) is 4.00. The SMILES string of the molecule is Cc1sc(N)nc1-c1c(C)n(C)c2ccc(F)cc12. The molecule has 98 valence electrons. The maximum atomic E-state index is 13.5. The second kappa shape index (κ2) is 4.06. The lowest BCUT2D eigenvalue weighted by Gasteiger charge is -2.00. The second-order valence-electron chi connectivity index (χ2n) is 4.64. The number of thiazole rings is 1. The van der Waals surface area contributed by atoms with Gasteiger partial charge in [0.1, 0.15) is 5.82 Å². The Morgan fingerprint density at radius 3 is 2.68 bits per heavy atom. The predicted octanol–water partition coefficient (Wildman–Crippen LogP) is 3.64. The zero-order valence-corrected chi connectivity index (χ0v) is 11.8. The van der Waals surface area contributed by atoms with E-state index in [2.05, 4.69) is 9.55 Å². The Kier molecular flexibility index (Phi) is 2.60. The van der Waals surface area contributed by atoms with Gasteiger partial charge in [-0.3, -0.25) is 0 Å². The molecule has 0 aliphatic carbocycles. The molecule has 0 aliphatic rings. The van der Waals surface area contributed by atoms with Gasteiger partial charge in [0.05, 0.1) is 5.69 Å². The summed E-state index contributed by atoms with van der Waals surface area (Å²) in [5, 5.41) is 1.42. The topological polar surface area (TPSA) is 43.8 Å². The Labute approximate surface area is 114 Å². The Morgan fingerprint density at radius 1 is 1.32 bits per heavy atom. The molecule has 2 aromatic heterocycles. The molecule has 0 atom stereocenters. The molecular weight excluding hydrogens is 261 g/mol. The quantitative estimate of drug-likeness (QED) is 0.737. The molecule has 0 saturated carbocycles. The summed E-state index contributed by atoms with van der Waals surface area (Å²) in [5.74, 6) is -0.236. The summed E-state index contributed by atoms with van der Waals surface area (Å²) in [7, 11) is 1.98. The van der Waals surface area contributed by atoms with Crippen molar-refractivity contribution in [1.29, 1.82) is 0 Å². The molecule has 0 fully saturated rings. The maximum absolute atomic E-state index is 13.5. The highest BCUT2D eigenvalue weighted by Gasteiger charge is 2.18. The van der Waals surface area contributed by atoms with Crippen LogP contribution in [0.4, 0.5) is 9.52 Å². The Balaban J connectivity index is 2.43. The average Bonchev–Trinajstić information content (AvgIpc) is 2.78. The number of benzene rings is 1. The lowest BCUT2D eigenvalue weighted by Crippen LogP contribution is -1.91. The van der Waals surface area contributed by atoms with Gasteiger partial charge in [-0.2, -0.15) is 0 Å². The number of rotatable bonds is 1. The molecule has 19 heavy (non-hydrogen) atoms. The number of anilines is 1. The molecule has 2 heterocycles. The fraction of sp³-hybridized carbons (Fsp3) is 0.214. The summed E-state index contributed by atoms with van der Waals surface area (Å²) in [6, 6.07) is 4.84. The third-order valence-electron chi connectivity index (χ3n) is 3.50. The second-order valence-corrected chi connectivity index (χ2v) is 5.87. The molecule has 5 heteroatoms. The Hall–Kier alpha value is -1.88. The van der Waals surface area contributed by atoms with Gasteiger partial charge in [0.25, 0.3) is 0 Å². The van der Waals surface area contributed by atoms with Crippen molar-refractivity contribution in [2.45, 2.75) is 13.8 Å². The highest BCUT2D eigenvalue weighted by molar-refractivity contribution is 7.15. The summed E-state index contributed by atoms with van der Waals surface area (Å²) in [5.41, 5.74) is 9.67. The number of fused-ring (bicyclic) bond motifs is 1. The molecular formula is C14H14FN3S. The summed E-state index contributed by atoms with van der Waals surface area (Å²) in [4.78, 5) is 5.45. The van der Waals surface area contributed by atoms with Crippen LogP contribution in [0.3, 0.4) is 0 Å². The lowest BCUT2D eigenvalue weighted by molar-refractivity contribution is 0.629. The van der Waals surface area contributed by atoms with Crippen molar-refractivity contribution in [1.82, 2.24) is 9.55 Å². The minimum Gasteiger partial charge on any atom is -0.375 e.